The summed E-state index contributed by atoms with van der Waals surface area (Å²) in [6.07, 6.45) is 3.75. The Morgan fingerprint density at radius 3 is 2.49 bits per heavy atom. The maximum absolute atomic E-state index is 13.4. The van der Waals surface area contributed by atoms with Crippen molar-refractivity contribution >= 4 is 32.9 Å². The molecule has 0 aliphatic carbocycles. The Labute approximate surface area is 238 Å². The molecule has 0 spiro atoms. The van der Waals surface area contributed by atoms with E-state index in [1.165, 1.54) is 4.31 Å². The summed E-state index contributed by atoms with van der Waals surface area (Å²) in [5.74, 6) is -0.353. The predicted molar refractivity (Wildman–Crippen MR) is 155 cm³/mol. The van der Waals surface area contributed by atoms with Crippen LogP contribution >= 0.6 is 0 Å². The van der Waals surface area contributed by atoms with Crippen molar-refractivity contribution in [2.24, 2.45) is 5.73 Å². The van der Waals surface area contributed by atoms with Gasteiger partial charge in [0, 0.05) is 62.4 Å². The minimum atomic E-state index is -3.65. The van der Waals surface area contributed by atoms with Crippen molar-refractivity contribution in [1.82, 2.24) is 29.8 Å². The van der Waals surface area contributed by atoms with Crippen LogP contribution in [0.25, 0.3) is 10.9 Å². The van der Waals surface area contributed by atoms with Crippen molar-refractivity contribution in [2.75, 3.05) is 26.2 Å². The van der Waals surface area contributed by atoms with E-state index in [0.717, 1.165) is 22.0 Å². The Hall–Kier alpha value is -4.26. The largest absolute Gasteiger partial charge is 0.361 e. The molecule has 214 valence electrons. The standard InChI is InChI=1S/C29H33N7O4S/c30-18-21-10-11-31-23(16-21)20-33-28(37)27(17-22-19-32-26-9-5-4-8-25(22)26)34-29(38)35-12-14-36(15-13-35)41(39,40)24-6-2-1-3-7-24/h1-11,16,19,27,32H,12-15,17-18,20,30H2,(H,33,37)(H,34,38). The lowest BCUT2D eigenvalue weighted by Gasteiger charge is -2.34. The fourth-order valence-corrected chi connectivity index (χ4v) is 6.34. The van der Waals surface area contributed by atoms with Gasteiger partial charge >= 0.3 is 6.03 Å². The van der Waals surface area contributed by atoms with Crippen molar-refractivity contribution < 1.29 is 18.0 Å². The highest BCUT2D eigenvalue weighted by atomic mass is 32.2. The van der Waals surface area contributed by atoms with E-state index in [0.29, 0.717) is 12.2 Å². The number of piperazine rings is 1. The Balaban J connectivity index is 1.27. The maximum atomic E-state index is 13.4. The minimum Gasteiger partial charge on any atom is -0.361 e. The zero-order valence-electron chi connectivity index (χ0n) is 22.5. The highest BCUT2D eigenvalue weighted by molar-refractivity contribution is 7.89. The molecule has 0 bridgehead atoms. The van der Waals surface area contributed by atoms with Gasteiger partial charge in [0.15, 0.2) is 0 Å². The van der Waals surface area contributed by atoms with Crippen LogP contribution in [0.3, 0.4) is 0 Å². The molecule has 0 radical (unpaired) electrons. The molecule has 11 nitrogen and oxygen atoms in total. The molecule has 1 fully saturated rings. The first-order valence-electron chi connectivity index (χ1n) is 13.4. The number of hydrogen-bond acceptors (Lipinski definition) is 6. The van der Waals surface area contributed by atoms with Crippen molar-refractivity contribution in [1.29, 1.82) is 0 Å². The summed E-state index contributed by atoms with van der Waals surface area (Å²) < 4.78 is 27.3. The first kappa shape index (κ1) is 28.3. The third kappa shape index (κ3) is 6.56. The maximum Gasteiger partial charge on any atom is 0.318 e. The van der Waals surface area contributed by atoms with Gasteiger partial charge in [-0.25, -0.2) is 13.2 Å². The molecule has 1 atom stereocenters. The fraction of sp³-hybridized carbons (Fsp3) is 0.276. The molecule has 1 aliphatic heterocycles. The average molecular weight is 576 g/mol. The average Bonchev–Trinajstić information content (AvgIpc) is 3.42. The van der Waals surface area contributed by atoms with E-state index in [9.17, 15) is 18.0 Å². The first-order chi connectivity index (χ1) is 19.8. The number of aromatic nitrogens is 2. The number of carbonyl (C=O) groups excluding carboxylic acids is 2. The van der Waals surface area contributed by atoms with Gasteiger partial charge in [0.2, 0.25) is 15.9 Å². The van der Waals surface area contributed by atoms with Gasteiger partial charge in [0.05, 0.1) is 17.1 Å². The molecule has 2 aromatic heterocycles. The predicted octanol–water partition coefficient (Wildman–Crippen LogP) is 1.97. The van der Waals surface area contributed by atoms with Crippen LogP contribution in [0.15, 0.2) is 84.0 Å². The van der Waals surface area contributed by atoms with Crippen LogP contribution in [-0.4, -0.2) is 71.8 Å². The van der Waals surface area contributed by atoms with E-state index >= 15 is 0 Å². The van der Waals surface area contributed by atoms with Gasteiger partial charge in [-0.3, -0.25) is 9.78 Å². The number of para-hydroxylation sites is 1. The lowest BCUT2D eigenvalue weighted by molar-refractivity contribution is -0.123. The molecule has 2 aromatic carbocycles. The van der Waals surface area contributed by atoms with Crippen LogP contribution in [0.1, 0.15) is 16.8 Å². The minimum absolute atomic E-state index is 0.160. The number of sulfonamides is 1. The summed E-state index contributed by atoms with van der Waals surface area (Å²) >= 11 is 0. The van der Waals surface area contributed by atoms with E-state index in [1.54, 1.807) is 41.4 Å². The first-order valence-corrected chi connectivity index (χ1v) is 14.9. The number of nitrogens with zero attached hydrogens (tertiary/aromatic N) is 3. The number of pyridine rings is 1. The number of hydrogen-bond donors (Lipinski definition) is 4. The van der Waals surface area contributed by atoms with Gasteiger partial charge < -0.3 is 26.3 Å². The van der Waals surface area contributed by atoms with E-state index in [4.69, 9.17) is 5.73 Å². The number of carbonyl (C=O) groups is 2. The SMILES string of the molecule is NCc1ccnc(CNC(=O)C(Cc2c[nH]c3ccccc23)NC(=O)N2CCN(S(=O)(=O)c3ccccc3)CC2)c1. The second-order valence-electron chi connectivity index (χ2n) is 9.85. The van der Waals surface area contributed by atoms with Crippen LogP contribution < -0.4 is 16.4 Å². The molecule has 4 aromatic rings. The number of rotatable bonds is 9. The van der Waals surface area contributed by atoms with Gasteiger partial charge in [-0.15, -0.1) is 0 Å². The Morgan fingerprint density at radius 2 is 1.73 bits per heavy atom. The number of H-pyrrole nitrogens is 1. The molecule has 0 saturated carbocycles. The van der Waals surface area contributed by atoms with Gasteiger partial charge in [-0.2, -0.15) is 4.31 Å². The van der Waals surface area contributed by atoms with Gasteiger partial charge in [-0.05, 0) is 41.5 Å². The summed E-state index contributed by atoms with van der Waals surface area (Å²) in [5, 5.41) is 6.75. The van der Waals surface area contributed by atoms with E-state index in [-0.39, 0.29) is 49.9 Å². The zero-order chi connectivity index (χ0) is 28.8. The van der Waals surface area contributed by atoms with Crippen molar-refractivity contribution in [3.05, 3.63) is 95.9 Å². The number of amides is 3. The number of fused-ring (bicyclic) bond motifs is 1. The summed E-state index contributed by atoms with van der Waals surface area (Å²) in [4.78, 5) is 36.0. The fourth-order valence-electron chi connectivity index (χ4n) is 4.90. The Morgan fingerprint density at radius 1 is 1.00 bits per heavy atom. The third-order valence-corrected chi connectivity index (χ3v) is 9.09. The summed E-state index contributed by atoms with van der Waals surface area (Å²) in [6.45, 7) is 1.27. The molecule has 41 heavy (non-hydrogen) atoms. The zero-order valence-corrected chi connectivity index (χ0v) is 23.3. The van der Waals surface area contributed by atoms with Crippen LogP contribution in [0.5, 0.6) is 0 Å². The lowest BCUT2D eigenvalue weighted by atomic mass is 10.0. The van der Waals surface area contributed by atoms with Gasteiger partial charge in [0.1, 0.15) is 6.04 Å². The van der Waals surface area contributed by atoms with Crippen LogP contribution in [0, 0.1) is 0 Å². The topological polar surface area (TPSA) is 154 Å². The normalized spacial score (nSPS) is 15.0. The molecular weight excluding hydrogens is 542 g/mol. The molecular formula is C29H33N7O4S. The van der Waals surface area contributed by atoms with Crippen molar-refractivity contribution in [3.8, 4) is 0 Å². The number of nitrogens with two attached hydrogens (primary N) is 1. The van der Waals surface area contributed by atoms with Crippen LogP contribution in [-0.2, 0) is 34.3 Å². The summed E-state index contributed by atoms with van der Waals surface area (Å²) in [5.41, 5.74) is 9.12. The molecule has 12 heteroatoms. The lowest BCUT2D eigenvalue weighted by Crippen LogP contribution is -2.57. The number of aromatic amines is 1. The number of urea groups is 1. The highest BCUT2D eigenvalue weighted by Gasteiger charge is 2.32. The highest BCUT2D eigenvalue weighted by Crippen LogP contribution is 2.20. The summed E-state index contributed by atoms with van der Waals surface area (Å²) in [7, 11) is -3.65. The number of benzene rings is 2. The van der Waals surface area contributed by atoms with Crippen molar-refractivity contribution in [2.45, 2.75) is 30.4 Å². The number of nitrogens with one attached hydrogen (secondary N) is 3. The molecule has 1 saturated heterocycles. The third-order valence-electron chi connectivity index (χ3n) is 7.18. The van der Waals surface area contributed by atoms with E-state index < -0.39 is 22.1 Å². The Kier molecular flexibility index (Phi) is 8.62. The quantitative estimate of drug-likeness (QED) is 0.239. The Bertz CT molecular complexity index is 1620. The van der Waals surface area contributed by atoms with Crippen molar-refractivity contribution in [3.63, 3.8) is 0 Å². The van der Waals surface area contributed by atoms with Crippen LogP contribution in [0.4, 0.5) is 4.79 Å². The van der Waals surface area contributed by atoms with Gasteiger partial charge in [0.25, 0.3) is 0 Å². The van der Waals surface area contributed by atoms with E-state index in [2.05, 4.69) is 20.6 Å². The molecule has 5 N–H and O–H groups in total. The smallest absolute Gasteiger partial charge is 0.318 e. The van der Waals surface area contributed by atoms with Crippen LogP contribution in [0.2, 0.25) is 0 Å². The molecule has 3 heterocycles. The molecule has 5 rings (SSSR count). The molecule has 1 unspecified atom stereocenters. The molecule has 1 aliphatic rings. The van der Waals surface area contributed by atoms with E-state index in [1.807, 2.05) is 42.6 Å². The van der Waals surface area contributed by atoms with Gasteiger partial charge in [-0.1, -0.05) is 36.4 Å². The summed E-state index contributed by atoms with van der Waals surface area (Å²) in [6, 6.07) is 18.4. The monoisotopic (exact) mass is 575 g/mol. The second kappa shape index (κ2) is 12.5. The molecule has 3 amide bonds. The second-order valence-corrected chi connectivity index (χ2v) is 11.8.